The van der Waals surface area contributed by atoms with Gasteiger partial charge in [0.15, 0.2) is 0 Å². The Balaban J connectivity index is 2.80. The number of rotatable bonds is 4. The molecule has 1 heterocycles. The van der Waals surface area contributed by atoms with Crippen molar-refractivity contribution in [1.82, 2.24) is 4.98 Å². The molecule has 15 heavy (non-hydrogen) atoms. The van der Waals surface area contributed by atoms with E-state index in [4.69, 9.17) is 10.8 Å². The van der Waals surface area contributed by atoms with Gasteiger partial charge in [0.2, 0.25) is 0 Å². The van der Waals surface area contributed by atoms with Crippen molar-refractivity contribution in [2.45, 2.75) is 31.7 Å². The summed E-state index contributed by atoms with van der Waals surface area (Å²) in [6.07, 6.45) is 2.07. The third-order valence-corrected chi connectivity index (χ3v) is 2.41. The van der Waals surface area contributed by atoms with E-state index in [-0.39, 0.29) is 5.41 Å². The molecule has 0 saturated carbocycles. The van der Waals surface area contributed by atoms with E-state index in [1.165, 1.54) is 0 Å². The Kier molecular flexibility index (Phi) is 3.42. The summed E-state index contributed by atoms with van der Waals surface area (Å²) in [5.41, 5.74) is 6.05. The number of aromatic nitrogens is 1. The van der Waals surface area contributed by atoms with Gasteiger partial charge >= 0.3 is 5.97 Å². The molecule has 0 spiro atoms. The van der Waals surface area contributed by atoms with Gasteiger partial charge in [-0.05, 0) is 18.6 Å². The minimum absolute atomic E-state index is 0.320. The lowest BCUT2D eigenvalue weighted by Crippen LogP contribution is -2.37. The van der Waals surface area contributed by atoms with Crippen molar-refractivity contribution in [3.8, 4) is 0 Å². The van der Waals surface area contributed by atoms with Crippen molar-refractivity contribution in [2.24, 2.45) is 5.73 Å². The van der Waals surface area contributed by atoms with E-state index in [0.717, 1.165) is 5.69 Å². The number of hydrogen-bond acceptors (Lipinski definition) is 3. The topological polar surface area (TPSA) is 76.2 Å². The monoisotopic (exact) mass is 208 g/mol. The maximum absolute atomic E-state index is 10.7. The molecule has 4 heteroatoms. The summed E-state index contributed by atoms with van der Waals surface area (Å²) in [7, 11) is 0. The fourth-order valence-electron chi connectivity index (χ4n) is 1.50. The van der Waals surface area contributed by atoms with E-state index in [2.05, 4.69) is 4.98 Å². The Bertz CT molecular complexity index is 336. The Morgan fingerprint density at radius 1 is 1.60 bits per heavy atom. The van der Waals surface area contributed by atoms with Crippen LogP contribution >= 0.6 is 0 Å². The first-order valence-electron chi connectivity index (χ1n) is 4.83. The van der Waals surface area contributed by atoms with Crippen molar-refractivity contribution in [1.29, 1.82) is 0 Å². The minimum atomic E-state index is -0.973. The van der Waals surface area contributed by atoms with E-state index < -0.39 is 12.0 Å². The molecular formula is C11H16N2O2. The van der Waals surface area contributed by atoms with Crippen molar-refractivity contribution in [2.75, 3.05) is 0 Å². The maximum atomic E-state index is 10.7. The molecule has 1 unspecified atom stereocenters. The van der Waals surface area contributed by atoms with Crippen LogP contribution in [0.1, 0.15) is 26.0 Å². The van der Waals surface area contributed by atoms with Gasteiger partial charge < -0.3 is 10.8 Å². The van der Waals surface area contributed by atoms with Crippen molar-refractivity contribution < 1.29 is 9.90 Å². The third-order valence-electron chi connectivity index (χ3n) is 2.41. The highest BCUT2D eigenvalue weighted by Gasteiger charge is 2.27. The molecule has 0 aliphatic carbocycles. The predicted molar refractivity (Wildman–Crippen MR) is 57.5 cm³/mol. The molecular weight excluding hydrogens is 192 g/mol. The standard InChI is InChI=1S/C11H16N2O2/c1-11(2,7-8(12)10(14)15)9-5-3-4-6-13-9/h3-6,8H,7,12H2,1-2H3,(H,14,15). The highest BCUT2D eigenvalue weighted by Crippen LogP contribution is 2.25. The Morgan fingerprint density at radius 2 is 2.27 bits per heavy atom. The van der Waals surface area contributed by atoms with Crippen molar-refractivity contribution >= 4 is 5.97 Å². The van der Waals surface area contributed by atoms with Crippen LogP contribution in [0.3, 0.4) is 0 Å². The van der Waals surface area contributed by atoms with Gasteiger partial charge in [-0.2, -0.15) is 0 Å². The van der Waals surface area contributed by atoms with Gasteiger partial charge in [0.05, 0.1) is 0 Å². The summed E-state index contributed by atoms with van der Waals surface area (Å²) in [6, 6.07) is 4.75. The lowest BCUT2D eigenvalue weighted by molar-refractivity contribution is -0.139. The Labute approximate surface area is 89.1 Å². The summed E-state index contributed by atoms with van der Waals surface area (Å²) in [5, 5.41) is 8.75. The molecule has 0 amide bonds. The average Bonchev–Trinajstić information content (AvgIpc) is 2.18. The fourth-order valence-corrected chi connectivity index (χ4v) is 1.50. The van der Waals surface area contributed by atoms with Crippen LogP contribution in [-0.4, -0.2) is 22.1 Å². The first kappa shape index (κ1) is 11.7. The van der Waals surface area contributed by atoms with Crippen molar-refractivity contribution in [3.63, 3.8) is 0 Å². The smallest absolute Gasteiger partial charge is 0.320 e. The van der Waals surface area contributed by atoms with E-state index in [1.54, 1.807) is 6.20 Å². The maximum Gasteiger partial charge on any atom is 0.320 e. The molecule has 0 bridgehead atoms. The van der Waals surface area contributed by atoms with Gasteiger partial charge in [-0.25, -0.2) is 0 Å². The van der Waals surface area contributed by atoms with Crippen LogP contribution < -0.4 is 5.73 Å². The van der Waals surface area contributed by atoms with E-state index >= 15 is 0 Å². The van der Waals surface area contributed by atoms with Crippen LogP contribution in [0.2, 0.25) is 0 Å². The highest BCUT2D eigenvalue weighted by molar-refractivity contribution is 5.73. The zero-order valence-corrected chi connectivity index (χ0v) is 8.97. The molecule has 0 radical (unpaired) electrons. The van der Waals surface area contributed by atoms with Crippen LogP contribution in [0, 0.1) is 0 Å². The number of nitrogens with zero attached hydrogens (tertiary/aromatic N) is 1. The van der Waals surface area contributed by atoms with Crippen molar-refractivity contribution in [3.05, 3.63) is 30.1 Å². The summed E-state index contributed by atoms with van der Waals surface area (Å²) in [4.78, 5) is 14.9. The van der Waals surface area contributed by atoms with Crippen LogP contribution in [0.25, 0.3) is 0 Å². The molecule has 82 valence electrons. The largest absolute Gasteiger partial charge is 0.480 e. The van der Waals surface area contributed by atoms with E-state index in [9.17, 15) is 4.79 Å². The normalized spacial score (nSPS) is 13.5. The molecule has 0 aromatic carbocycles. The molecule has 1 rings (SSSR count). The van der Waals surface area contributed by atoms with Gasteiger partial charge in [0, 0.05) is 17.3 Å². The van der Waals surface area contributed by atoms with Gasteiger partial charge in [-0.15, -0.1) is 0 Å². The second kappa shape index (κ2) is 4.40. The second-order valence-electron chi connectivity index (χ2n) is 4.25. The van der Waals surface area contributed by atoms with Crippen LogP contribution in [-0.2, 0) is 10.2 Å². The minimum Gasteiger partial charge on any atom is -0.480 e. The molecule has 1 aromatic rings. The first-order chi connectivity index (χ1) is 6.93. The molecule has 0 aliphatic heterocycles. The Morgan fingerprint density at radius 3 is 2.73 bits per heavy atom. The fraction of sp³-hybridized carbons (Fsp3) is 0.455. The molecule has 0 aliphatic rings. The molecule has 0 fully saturated rings. The quantitative estimate of drug-likeness (QED) is 0.778. The van der Waals surface area contributed by atoms with Gasteiger partial charge in [0.25, 0.3) is 0 Å². The van der Waals surface area contributed by atoms with Gasteiger partial charge in [-0.3, -0.25) is 9.78 Å². The van der Waals surface area contributed by atoms with E-state index in [0.29, 0.717) is 6.42 Å². The average molecular weight is 208 g/mol. The van der Waals surface area contributed by atoms with Crippen LogP contribution in [0.15, 0.2) is 24.4 Å². The second-order valence-corrected chi connectivity index (χ2v) is 4.25. The molecule has 3 N–H and O–H groups in total. The van der Waals surface area contributed by atoms with Crippen LogP contribution in [0.5, 0.6) is 0 Å². The lowest BCUT2D eigenvalue weighted by Gasteiger charge is -2.25. The van der Waals surface area contributed by atoms with Gasteiger partial charge in [-0.1, -0.05) is 19.9 Å². The van der Waals surface area contributed by atoms with E-state index in [1.807, 2.05) is 32.0 Å². The summed E-state index contributed by atoms with van der Waals surface area (Å²) < 4.78 is 0. The zero-order chi connectivity index (χ0) is 11.5. The number of carboxylic acids is 1. The third kappa shape index (κ3) is 3.02. The Hall–Kier alpha value is -1.42. The predicted octanol–water partition coefficient (Wildman–Crippen LogP) is 1.16. The number of nitrogens with two attached hydrogens (primary N) is 1. The highest BCUT2D eigenvalue weighted by atomic mass is 16.4. The number of carboxylic acid groups (broad SMARTS) is 1. The number of carbonyl (C=O) groups is 1. The lowest BCUT2D eigenvalue weighted by atomic mass is 9.82. The first-order valence-corrected chi connectivity index (χ1v) is 4.83. The molecule has 0 saturated heterocycles. The molecule has 4 nitrogen and oxygen atoms in total. The number of pyridine rings is 1. The van der Waals surface area contributed by atoms with Gasteiger partial charge in [0.1, 0.15) is 6.04 Å². The number of hydrogen-bond donors (Lipinski definition) is 2. The zero-order valence-electron chi connectivity index (χ0n) is 8.97. The number of aliphatic carboxylic acids is 1. The summed E-state index contributed by atoms with van der Waals surface area (Å²) in [6.45, 7) is 3.89. The van der Waals surface area contributed by atoms with Crippen LogP contribution in [0.4, 0.5) is 0 Å². The summed E-state index contributed by atoms with van der Waals surface area (Å²) in [5.74, 6) is -0.973. The SMILES string of the molecule is CC(C)(CC(N)C(=O)O)c1ccccn1. The molecule has 1 aromatic heterocycles. The molecule has 1 atom stereocenters. The summed E-state index contributed by atoms with van der Waals surface area (Å²) >= 11 is 0.